The maximum Gasteiger partial charge on any atom is 0.333 e. The minimum absolute atomic E-state index is 0.111. The van der Waals surface area contributed by atoms with Crippen LogP contribution in [0.5, 0.6) is 0 Å². The van der Waals surface area contributed by atoms with Gasteiger partial charge in [-0.2, -0.15) is 0 Å². The second kappa shape index (κ2) is 26.0. The summed E-state index contributed by atoms with van der Waals surface area (Å²) in [6.07, 6.45) is -15.8. The second-order valence-electron chi connectivity index (χ2n) is 16.9. The Morgan fingerprint density at radius 3 is 1.41 bits per heavy atom. The van der Waals surface area contributed by atoms with Gasteiger partial charge in [-0.3, -0.25) is 33.6 Å². The number of ether oxygens (including phenoxy) is 13. The maximum atomic E-state index is 13.0. The van der Waals surface area contributed by atoms with Gasteiger partial charge in [0.2, 0.25) is 0 Å². The molecule has 0 saturated carbocycles. The minimum Gasteiger partial charge on any atom is -0.460 e. The van der Waals surface area contributed by atoms with Gasteiger partial charge in [0.05, 0.1) is 37.6 Å². The molecule has 2 N–H and O–H groups in total. The Morgan fingerprint density at radius 2 is 0.928 bits per heavy atom. The average Bonchev–Trinajstić information content (AvgIpc) is 3.24. The van der Waals surface area contributed by atoms with E-state index in [0.717, 1.165) is 48.5 Å². The molecule has 24 heteroatoms. The van der Waals surface area contributed by atoms with Crippen molar-refractivity contribution in [1.29, 1.82) is 0 Å². The molecule has 0 spiro atoms. The van der Waals surface area contributed by atoms with E-state index in [2.05, 4.69) is 17.2 Å². The normalized spacial score (nSPS) is 28.8. The Hall–Kier alpha value is -5.43. The first-order valence-corrected chi connectivity index (χ1v) is 22.6. The standard InChI is InChI=1S/C45H68N2O22/c1-14-44(13,39-36(65-27(10)52)33(62-24(7)49)30(19-58-39)61-23(6)48)68-31-20-59-40(37(66-28(11)53)34(31)63-25(8)50)45(15-2,16-3)69-32-21-60-41(38(67-29(12)54)35(32)64-26(9)51)47-43(56)46-17-18-57-42(55)22(4)5/h30-41H,4,14-21H2,1-3,5-13H3,(H2,46,47,56). The van der Waals surface area contributed by atoms with Gasteiger partial charge in [0, 0.05) is 54.0 Å². The molecular weight excluding hydrogens is 920 g/mol. The van der Waals surface area contributed by atoms with Crippen LogP contribution < -0.4 is 10.6 Å². The summed E-state index contributed by atoms with van der Waals surface area (Å²) in [5.41, 5.74) is -2.83. The Kier molecular flexibility index (Phi) is 21.8. The zero-order valence-electron chi connectivity index (χ0n) is 41.3. The lowest BCUT2D eigenvalue weighted by atomic mass is 9.81. The highest BCUT2D eigenvalue weighted by atomic mass is 16.7. The van der Waals surface area contributed by atoms with Crippen molar-refractivity contribution in [2.75, 3.05) is 33.0 Å². The molecule has 3 heterocycles. The van der Waals surface area contributed by atoms with E-state index in [1.165, 1.54) is 6.92 Å². The van der Waals surface area contributed by atoms with Crippen LogP contribution in [0.3, 0.4) is 0 Å². The summed E-state index contributed by atoms with van der Waals surface area (Å²) >= 11 is 0. The molecule has 24 nitrogen and oxygen atoms in total. The van der Waals surface area contributed by atoms with Crippen LogP contribution in [-0.2, 0) is 99.9 Å². The van der Waals surface area contributed by atoms with Gasteiger partial charge in [-0.05, 0) is 33.1 Å². The molecule has 69 heavy (non-hydrogen) atoms. The molecular formula is C45H68N2O22. The summed E-state index contributed by atoms with van der Waals surface area (Å²) in [6, 6.07) is -0.819. The molecule has 0 aromatic heterocycles. The molecule has 3 fully saturated rings. The highest BCUT2D eigenvalue weighted by Crippen LogP contribution is 2.42. The molecule has 3 saturated heterocycles. The van der Waals surface area contributed by atoms with E-state index in [-0.39, 0.29) is 57.8 Å². The van der Waals surface area contributed by atoms with Crippen molar-refractivity contribution in [3.05, 3.63) is 12.2 Å². The van der Waals surface area contributed by atoms with Crippen molar-refractivity contribution in [2.45, 2.75) is 187 Å². The fourth-order valence-electron chi connectivity index (χ4n) is 8.39. The number of carbonyl (C=O) groups is 9. The number of hydrogen-bond acceptors (Lipinski definition) is 22. The molecule has 2 amide bonds. The molecule has 3 aliphatic rings. The van der Waals surface area contributed by atoms with Gasteiger partial charge >= 0.3 is 53.8 Å². The Labute approximate surface area is 400 Å². The number of nitrogens with one attached hydrogen (secondary N) is 2. The van der Waals surface area contributed by atoms with Gasteiger partial charge < -0.3 is 72.2 Å². The first-order valence-electron chi connectivity index (χ1n) is 22.6. The minimum atomic E-state index is -1.50. The van der Waals surface area contributed by atoms with E-state index < -0.39 is 138 Å². The highest BCUT2D eigenvalue weighted by Gasteiger charge is 2.60. The van der Waals surface area contributed by atoms with Gasteiger partial charge in [-0.15, -0.1) is 0 Å². The Bertz CT molecular complexity index is 1870. The Balaban J connectivity index is 2.04. The van der Waals surface area contributed by atoms with Gasteiger partial charge in [-0.1, -0.05) is 27.4 Å². The Morgan fingerprint density at radius 1 is 0.522 bits per heavy atom. The zero-order chi connectivity index (χ0) is 52.0. The molecule has 13 atom stereocenters. The predicted molar refractivity (Wildman–Crippen MR) is 232 cm³/mol. The fraction of sp³-hybridized carbons (Fsp3) is 0.756. The maximum absolute atomic E-state index is 13.0. The van der Waals surface area contributed by atoms with Crippen molar-refractivity contribution in [2.24, 2.45) is 0 Å². The second-order valence-corrected chi connectivity index (χ2v) is 16.9. The van der Waals surface area contributed by atoms with E-state index >= 15 is 0 Å². The molecule has 0 aromatic carbocycles. The average molecular weight is 989 g/mol. The van der Waals surface area contributed by atoms with Crippen LogP contribution in [0.4, 0.5) is 4.79 Å². The topological polar surface area (TPSA) is 298 Å². The van der Waals surface area contributed by atoms with E-state index in [1.807, 2.05) is 0 Å². The first-order chi connectivity index (χ1) is 32.3. The SMILES string of the molecule is C=C(C)C(=O)OCCNC(=O)NC1OCC(OC(CC)(CC)C2OCC(OC(C)(CC)C3OCC(OC(C)=O)C(OC(C)=O)C3OC(C)=O)C(OC(C)=O)C2OC(C)=O)C(OC(C)=O)C1OC(C)=O. The molecule has 3 aliphatic heterocycles. The predicted octanol–water partition coefficient (Wildman–Crippen LogP) is 1.58. The molecule has 0 radical (unpaired) electrons. The molecule has 390 valence electrons. The monoisotopic (exact) mass is 988 g/mol. The third kappa shape index (κ3) is 16.1. The highest BCUT2D eigenvalue weighted by molar-refractivity contribution is 5.87. The molecule has 13 unspecified atom stereocenters. The van der Waals surface area contributed by atoms with Crippen molar-refractivity contribution in [3.63, 3.8) is 0 Å². The van der Waals surface area contributed by atoms with Gasteiger partial charge in [0.15, 0.2) is 49.0 Å². The van der Waals surface area contributed by atoms with Crippen LogP contribution >= 0.6 is 0 Å². The van der Waals surface area contributed by atoms with E-state index in [9.17, 15) is 43.2 Å². The van der Waals surface area contributed by atoms with Crippen LogP contribution in [0.2, 0.25) is 0 Å². The van der Waals surface area contributed by atoms with Crippen LogP contribution in [-0.4, -0.2) is 171 Å². The van der Waals surface area contributed by atoms with Crippen LogP contribution in [0.25, 0.3) is 0 Å². The third-order valence-corrected chi connectivity index (χ3v) is 11.5. The summed E-state index contributed by atoms with van der Waals surface area (Å²) in [5, 5.41) is 5.01. The summed E-state index contributed by atoms with van der Waals surface area (Å²) < 4.78 is 77.2. The molecule has 0 aromatic rings. The molecule has 0 aliphatic carbocycles. The lowest BCUT2D eigenvalue weighted by Crippen LogP contribution is -2.69. The smallest absolute Gasteiger partial charge is 0.333 e. The zero-order valence-corrected chi connectivity index (χ0v) is 41.3. The van der Waals surface area contributed by atoms with Crippen LogP contribution in [0, 0.1) is 0 Å². The third-order valence-electron chi connectivity index (χ3n) is 11.5. The lowest BCUT2D eigenvalue weighted by Gasteiger charge is -2.53. The van der Waals surface area contributed by atoms with Crippen molar-refractivity contribution in [1.82, 2.24) is 10.6 Å². The molecule has 0 bridgehead atoms. The van der Waals surface area contributed by atoms with E-state index in [0.29, 0.717) is 0 Å². The summed E-state index contributed by atoms with van der Waals surface area (Å²) in [5.74, 6) is -6.19. The van der Waals surface area contributed by atoms with Crippen LogP contribution in [0.1, 0.15) is 102 Å². The summed E-state index contributed by atoms with van der Waals surface area (Å²) in [6.45, 7) is 18.3. The lowest BCUT2D eigenvalue weighted by molar-refractivity contribution is -0.315. The summed E-state index contributed by atoms with van der Waals surface area (Å²) in [4.78, 5) is 113. The summed E-state index contributed by atoms with van der Waals surface area (Å²) in [7, 11) is 0. The van der Waals surface area contributed by atoms with Gasteiger partial charge in [-0.25, -0.2) is 9.59 Å². The number of esters is 8. The fourth-order valence-corrected chi connectivity index (χ4v) is 8.39. The number of hydrogen-bond donors (Lipinski definition) is 2. The van der Waals surface area contributed by atoms with Crippen molar-refractivity contribution < 1.29 is 105 Å². The van der Waals surface area contributed by atoms with E-state index in [4.69, 9.17) is 61.6 Å². The van der Waals surface area contributed by atoms with Gasteiger partial charge in [0.1, 0.15) is 31.0 Å². The number of carbonyl (C=O) groups excluding carboxylic acids is 9. The van der Waals surface area contributed by atoms with Crippen molar-refractivity contribution in [3.8, 4) is 0 Å². The molecule has 3 rings (SSSR count). The van der Waals surface area contributed by atoms with Gasteiger partial charge in [0.25, 0.3) is 0 Å². The largest absolute Gasteiger partial charge is 0.460 e. The number of amides is 2. The van der Waals surface area contributed by atoms with Crippen LogP contribution in [0.15, 0.2) is 12.2 Å². The first kappa shape index (κ1) is 57.9. The number of urea groups is 1. The van der Waals surface area contributed by atoms with Crippen molar-refractivity contribution >= 4 is 53.8 Å². The quantitative estimate of drug-likeness (QED) is 0.0714. The number of rotatable bonds is 21. The van der Waals surface area contributed by atoms with E-state index in [1.54, 1.807) is 27.7 Å².